The van der Waals surface area contributed by atoms with Crippen molar-refractivity contribution in [3.05, 3.63) is 46.8 Å². The van der Waals surface area contributed by atoms with E-state index in [0.717, 1.165) is 36.5 Å². The van der Waals surface area contributed by atoms with Gasteiger partial charge in [-0.25, -0.2) is 0 Å². The third kappa shape index (κ3) is 4.56. The molecule has 2 atom stereocenters. The Balaban J connectivity index is 0.00000243. The van der Waals surface area contributed by atoms with Crippen molar-refractivity contribution in [1.29, 1.82) is 0 Å². The minimum atomic E-state index is -0.102. The highest BCUT2D eigenvalue weighted by Gasteiger charge is 2.24. The van der Waals surface area contributed by atoms with Gasteiger partial charge in [0, 0.05) is 12.6 Å². The Morgan fingerprint density at radius 1 is 1.38 bits per heavy atom. The van der Waals surface area contributed by atoms with Crippen molar-refractivity contribution in [3.8, 4) is 5.75 Å². The molecule has 3 rings (SSSR count). The van der Waals surface area contributed by atoms with Crippen LogP contribution in [0.4, 0.5) is 0 Å². The minimum absolute atomic E-state index is 0. The SMILES string of the molecule is Cc1noc(C)c1COc1ccccc1C(=O)NC1CNCCC1C.Cl. The number of aryl methyl sites for hydroxylation is 2. The molecule has 2 heterocycles. The second-order valence-corrected chi connectivity index (χ2v) is 6.64. The Morgan fingerprint density at radius 3 is 2.85 bits per heavy atom. The van der Waals surface area contributed by atoms with Gasteiger partial charge in [-0.05, 0) is 44.9 Å². The molecule has 2 unspecified atom stereocenters. The van der Waals surface area contributed by atoms with Crippen LogP contribution < -0.4 is 15.4 Å². The Kier molecular flexibility index (Phi) is 7.06. The second kappa shape index (κ2) is 9.05. The van der Waals surface area contributed by atoms with E-state index < -0.39 is 0 Å². The van der Waals surface area contributed by atoms with Gasteiger partial charge in [0.05, 0.1) is 16.8 Å². The summed E-state index contributed by atoms with van der Waals surface area (Å²) in [5, 5.41) is 10.4. The average molecular weight is 380 g/mol. The lowest BCUT2D eigenvalue weighted by Crippen LogP contribution is -2.50. The third-order valence-electron chi connectivity index (χ3n) is 4.83. The molecule has 1 aromatic heterocycles. The highest BCUT2D eigenvalue weighted by atomic mass is 35.5. The molecule has 1 aliphatic heterocycles. The number of aromatic nitrogens is 1. The fourth-order valence-corrected chi connectivity index (χ4v) is 3.07. The van der Waals surface area contributed by atoms with Gasteiger partial charge in [-0.15, -0.1) is 12.4 Å². The lowest BCUT2D eigenvalue weighted by Gasteiger charge is -2.30. The van der Waals surface area contributed by atoms with Crippen molar-refractivity contribution in [2.75, 3.05) is 13.1 Å². The maximum Gasteiger partial charge on any atom is 0.255 e. The number of hydrogen-bond acceptors (Lipinski definition) is 5. The number of nitrogens with one attached hydrogen (secondary N) is 2. The van der Waals surface area contributed by atoms with Gasteiger partial charge in [-0.3, -0.25) is 4.79 Å². The van der Waals surface area contributed by atoms with Gasteiger partial charge >= 0.3 is 0 Å². The number of piperidine rings is 1. The summed E-state index contributed by atoms with van der Waals surface area (Å²) >= 11 is 0. The van der Waals surface area contributed by atoms with Crippen LogP contribution in [0.3, 0.4) is 0 Å². The number of rotatable bonds is 5. The number of nitrogens with zero attached hydrogens (tertiary/aromatic N) is 1. The van der Waals surface area contributed by atoms with Crippen molar-refractivity contribution >= 4 is 18.3 Å². The number of carbonyl (C=O) groups excluding carboxylic acids is 1. The van der Waals surface area contributed by atoms with E-state index in [4.69, 9.17) is 9.26 Å². The maximum atomic E-state index is 12.7. The smallest absolute Gasteiger partial charge is 0.255 e. The standard InChI is InChI=1S/C19H25N3O3.ClH/c1-12-8-9-20-10-17(12)21-19(23)15-6-4-5-7-18(15)24-11-16-13(2)22-25-14(16)3;/h4-7,12,17,20H,8-11H2,1-3H3,(H,21,23);1H. The van der Waals surface area contributed by atoms with E-state index >= 15 is 0 Å². The first-order valence-electron chi connectivity index (χ1n) is 8.71. The molecule has 142 valence electrons. The highest BCUT2D eigenvalue weighted by Crippen LogP contribution is 2.22. The summed E-state index contributed by atoms with van der Waals surface area (Å²) in [4.78, 5) is 12.7. The topological polar surface area (TPSA) is 76.4 Å². The molecule has 0 aliphatic carbocycles. The van der Waals surface area contributed by atoms with E-state index in [1.807, 2.05) is 32.0 Å². The summed E-state index contributed by atoms with van der Waals surface area (Å²) in [6, 6.07) is 7.45. The molecule has 0 spiro atoms. The zero-order valence-corrected chi connectivity index (χ0v) is 16.2. The summed E-state index contributed by atoms with van der Waals surface area (Å²) in [5.74, 6) is 1.66. The van der Waals surface area contributed by atoms with Crippen LogP contribution in [0.2, 0.25) is 0 Å². The molecule has 1 amide bonds. The third-order valence-corrected chi connectivity index (χ3v) is 4.83. The zero-order valence-electron chi connectivity index (χ0n) is 15.4. The predicted octanol–water partition coefficient (Wildman–Crippen LogP) is 3.02. The molecule has 0 radical (unpaired) electrons. The van der Waals surface area contributed by atoms with Gasteiger partial charge in [0.1, 0.15) is 18.1 Å². The van der Waals surface area contributed by atoms with Crippen molar-refractivity contribution < 1.29 is 14.1 Å². The number of benzene rings is 1. The van der Waals surface area contributed by atoms with Gasteiger partial charge in [-0.2, -0.15) is 0 Å². The van der Waals surface area contributed by atoms with Crippen LogP contribution >= 0.6 is 12.4 Å². The van der Waals surface area contributed by atoms with Gasteiger partial charge in [-0.1, -0.05) is 24.2 Å². The van der Waals surface area contributed by atoms with Crippen LogP contribution in [0, 0.1) is 19.8 Å². The summed E-state index contributed by atoms with van der Waals surface area (Å²) in [6.07, 6.45) is 1.06. The number of para-hydroxylation sites is 1. The number of hydrogen-bond donors (Lipinski definition) is 2. The van der Waals surface area contributed by atoms with Gasteiger partial charge in [0.2, 0.25) is 0 Å². The summed E-state index contributed by atoms with van der Waals surface area (Å²) < 4.78 is 11.1. The van der Waals surface area contributed by atoms with E-state index in [1.54, 1.807) is 6.07 Å². The average Bonchev–Trinajstić information content (AvgIpc) is 2.93. The zero-order chi connectivity index (χ0) is 17.8. The van der Waals surface area contributed by atoms with Crippen LogP contribution in [0.5, 0.6) is 5.75 Å². The van der Waals surface area contributed by atoms with Crippen LogP contribution in [0.25, 0.3) is 0 Å². The normalized spacial score (nSPS) is 19.5. The van der Waals surface area contributed by atoms with Gasteiger partial charge in [0.15, 0.2) is 0 Å². The molecule has 0 bridgehead atoms. The Bertz CT molecular complexity index is 728. The fraction of sp³-hybridized carbons (Fsp3) is 0.474. The van der Waals surface area contributed by atoms with Crippen LogP contribution in [0.1, 0.15) is 40.7 Å². The molecule has 1 aromatic carbocycles. The van der Waals surface area contributed by atoms with E-state index in [2.05, 4.69) is 22.7 Å². The molecule has 6 nitrogen and oxygen atoms in total. The van der Waals surface area contributed by atoms with Crippen LogP contribution in [0.15, 0.2) is 28.8 Å². The lowest BCUT2D eigenvalue weighted by molar-refractivity contribution is 0.0910. The number of carbonyl (C=O) groups is 1. The van der Waals surface area contributed by atoms with E-state index in [9.17, 15) is 4.79 Å². The monoisotopic (exact) mass is 379 g/mol. The molecule has 26 heavy (non-hydrogen) atoms. The molecule has 1 fully saturated rings. The molecule has 1 saturated heterocycles. The Morgan fingerprint density at radius 2 is 2.15 bits per heavy atom. The molecule has 1 aliphatic rings. The number of amides is 1. The summed E-state index contributed by atoms with van der Waals surface area (Å²) in [5.41, 5.74) is 2.27. The second-order valence-electron chi connectivity index (χ2n) is 6.64. The van der Waals surface area contributed by atoms with Crippen molar-refractivity contribution in [3.63, 3.8) is 0 Å². The largest absolute Gasteiger partial charge is 0.488 e. The van der Waals surface area contributed by atoms with Crippen molar-refractivity contribution in [2.24, 2.45) is 5.92 Å². The molecule has 2 aromatic rings. The fourth-order valence-electron chi connectivity index (χ4n) is 3.07. The number of ether oxygens (including phenoxy) is 1. The Hall–Kier alpha value is -2.05. The van der Waals surface area contributed by atoms with Crippen molar-refractivity contribution in [2.45, 2.75) is 39.8 Å². The molecule has 2 N–H and O–H groups in total. The first kappa shape index (κ1) is 20.3. The summed E-state index contributed by atoms with van der Waals surface area (Å²) in [7, 11) is 0. The first-order valence-corrected chi connectivity index (χ1v) is 8.71. The van der Waals surface area contributed by atoms with E-state index in [-0.39, 0.29) is 24.4 Å². The van der Waals surface area contributed by atoms with Crippen LogP contribution in [-0.4, -0.2) is 30.2 Å². The predicted molar refractivity (Wildman–Crippen MR) is 102 cm³/mol. The van der Waals surface area contributed by atoms with Gasteiger partial charge < -0.3 is 19.9 Å². The quantitative estimate of drug-likeness (QED) is 0.835. The molecular formula is C19H26ClN3O3. The first-order chi connectivity index (χ1) is 12.1. The van der Waals surface area contributed by atoms with Crippen molar-refractivity contribution in [1.82, 2.24) is 15.8 Å². The highest BCUT2D eigenvalue weighted by molar-refractivity contribution is 5.97. The number of halogens is 1. The lowest BCUT2D eigenvalue weighted by atomic mass is 9.94. The molecular weight excluding hydrogens is 354 g/mol. The van der Waals surface area contributed by atoms with Crippen LogP contribution in [-0.2, 0) is 6.61 Å². The van der Waals surface area contributed by atoms with E-state index in [1.165, 1.54) is 0 Å². The minimum Gasteiger partial charge on any atom is -0.488 e. The molecule has 0 saturated carbocycles. The summed E-state index contributed by atoms with van der Waals surface area (Å²) in [6.45, 7) is 8.04. The van der Waals surface area contributed by atoms with E-state index in [0.29, 0.717) is 23.8 Å². The molecule has 7 heteroatoms. The maximum absolute atomic E-state index is 12.7. The Labute approximate surface area is 160 Å². The van der Waals surface area contributed by atoms with Gasteiger partial charge in [0.25, 0.3) is 5.91 Å².